The van der Waals surface area contributed by atoms with Crippen LogP contribution in [-0.2, 0) is 17.6 Å². The summed E-state index contributed by atoms with van der Waals surface area (Å²) in [6, 6.07) is 0. The maximum Gasteiger partial charge on any atom is 0.190 e. The van der Waals surface area contributed by atoms with Crippen LogP contribution in [0, 0.1) is 0 Å². The number of aryl methyl sites for hydroxylation is 2. The van der Waals surface area contributed by atoms with Gasteiger partial charge in [-0.2, -0.15) is 0 Å². The number of nitrogens with zero attached hydrogens (tertiary/aromatic N) is 3. The summed E-state index contributed by atoms with van der Waals surface area (Å²) in [5.74, 6) is 1.05. The van der Waals surface area contributed by atoms with Gasteiger partial charge in [0.1, 0.15) is 10.6 Å². The molecule has 4 rings (SSSR count). The molecular formula is C18H26N4OS2. The lowest BCUT2D eigenvalue weighted by Crippen LogP contribution is -2.37. The summed E-state index contributed by atoms with van der Waals surface area (Å²) in [6.45, 7) is 5.96. The first kappa shape index (κ1) is 17.5. The number of hydrogen-bond acceptors (Lipinski definition) is 7. The fourth-order valence-corrected chi connectivity index (χ4v) is 5.38. The molecule has 0 amide bonds. The largest absolute Gasteiger partial charge is 0.379 e. The van der Waals surface area contributed by atoms with Gasteiger partial charge in [-0.3, -0.25) is 4.90 Å². The Morgan fingerprint density at radius 2 is 2.04 bits per heavy atom. The minimum absolute atomic E-state index is 0.873. The molecule has 2 aliphatic rings. The van der Waals surface area contributed by atoms with Crippen molar-refractivity contribution >= 4 is 39.1 Å². The molecule has 1 fully saturated rings. The topological polar surface area (TPSA) is 50.3 Å². The lowest BCUT2D eigenvalue weighted by atomic mass is 9.97. The molecule has 1 aliphatic heterocycles. The number of fused-ring (bicyclic) bond motifs is 3. The average Bonchev–Trinajstić information content (AvgIpc) is 3.04. The number of aromatic nitrogens is 2. The Hall–Kier alpha value is -0.890. The molecule has 2 aromatic heterocycles. The minimum atomic E-state index is 0.873. The van der Waals surface area contributed by atoms with Crippen molar-refractivity contribution in [2.24, 2.45) is 0 Å². The number of rotatable bonds is 6. The first-order chi connectivity index (χ1) is 12.3. The van der Waals surface area contributed by atoms with Crippen molar-refractivity contribution in [3.63, 3.8) is 0 Å². The number of nitrogens with one attached hydrogen (secondary N) is 1. The smallest absolute Gasteiger partial charge is 0.190 e. The first-order valence-corrected chi connectivity index (χ1v) is 11.3. The third-order valence-corrected chi connectivity index (χ3v) is 6.76. The molecule has 3 heterocycles. The van der Waals surface area contributed by atoms with E-state index in [0.717, 1.165) is 56.8 Å². The molecule has 0 atom stereocenters. The van der Waals surface area contributed by atoms with Crippen molar-refractivity contribution in [3.8, 4) is 0 Å². The van der Waals surface area contributed by atoms with E-state index in [1.807, 2.05) is 11.3 Å². The normalized spacial score (nSPS) is 18.4. The van der Waals surface area contributed by atoms with Crippen molar-refractivity contribution in [1.29, 1.82) is 0 Å². The van der Waals surface area contributed by atoms with Gasteiger partial charge in [0.25, 0.3) is 0 Å². The Kier molecular flexibility index (Phi) is 5.75. The number of ether oxygens (including phenoxy) is 1. The highest BCUT2D eigenvalue weighted by atomic mass is 32.2. The van der Waals surface area contributed by atoms with Crippen molar-refractivity contribution in [2.45, 2.75) is 37.3 Å². The van der Waals surface area contributed by atoms with Crippen LogP contribution in [0.4, 0.5) is 5.82 Å². The zero-order valence-corrected chi connectivity index (χ0v) is 16.5. The second-order valence-corrected chi connectivity index (χ2v) is 8.54. The summed E-state index contributed by atoms with van der Waals surface area (Å²) in [4.78, 5) is 14.8. The van der Waals surface area contributed by atoms with Crippen LogP contribution in [0.1, 0.15) is 29.7 Å². The lowest BCUT2D eigenvalue weighted by Gasteiger charge is -2.26. The van der Waals surface area contributed by atoms with Crippen LogP contribution in [0.5, 0.6) is 0 Å². The van der Waals surface area contributed by atoms with Gasteiger partial charge in [-0.05, 0) is 50.5 Å². The third-order valence-electron chi connectivity index (χ3n) is 5.02. The van der Waals surface area contributed by atoms with Gasteiger partial charge in [-0.1, -0.05) is 11.8 Å². The second kappa shape index (κ2) is 8.20. The molecule has 7 heteroatoms. The van der Waals surface area contributed by atoms with Crippen LogP contribution in [0.3, 0.4) is 0 Å². The summed E-state index contributed by atoms with van der Waals surface area (Å²) in [7, 11) is 0. The molecule has 1 saturated heterocycles. The molecule has 25 heavy (non-hydrogen) atoms. The summed E-state index contributed by atoms with van der Waals surface area (Å²) < 4.78 is 5.42. The van der Waals surface area contributed by atoms with Gasteiger partial charge in [0.05, 0.1) is 18.6 Å². The Bertz CT molecular complexity index is 727. The second-order valence-electron chi connectivity index (χ2n) is 6.68. The van der Waals surface area contributed by atoms with E-state index in [4.69, 9.17) is 14.7 Å². The van der Waals surface area contributed by atoms with E-state index in [2.05, 4.69) is 16.5 Å². The maximum absolute atomic E-state index is 5.42. The Morgan fingerprint density at radius 3 is 2.88 bits per heavy atom. The molecule has 0 saturated carbocycles. The van der Waals surface area contributed by atoms with Crippen LogP contribution < -0.4 is 5.32 Å². The van der Waals surface area contributed by atoms with Gasteiger partial charge in [-0.15, -0.1) is 11.3 Å². The minimum Gasteiger partial charge on any atom is -0.379 e. The summed E-state index contributed by atoms with van der Waals surface area (Å²) in [5, 5.41) is 5.79. The van der Waals surface area contributed by atoms with Gasteiger partial charge in [0, 0.05) is 24.5 Å². The molecule has 0 aromatic carbocycles. The van der Waals surface area contributed by atoms with Crippen LogP contribution in [-0.4, -0.2) is 60.5 Å². The molecule has 0 unspecified atom stereocenters. The summed E-state index contributed by atoms with van der Waals surface area (Å²) in [5.41, 5.74) is 1.51. The van der Waals surface area contributed by atoms with Crippen molar-refractivity contribution in [3.05, 3.63) is 10.4 Å². The van der Waals surface area contributed by atoms with Crippen LogP contribution in [0.15, 0.2) is 5.16 Å². The Balaban J connectivity index is 1.48. The van der Waals surface area contributed by atoms with Gasteiger partial charge in [-0.25, -0.2) is 9.97 Å². The predicted molar refractivity (Wildman–Crippen MR) is 106 cm³/mol. The summed E-state index contributed by atoms with van der Waals surface area (Å²) >= 11 is 3.51. The van der Waals surface area contributed by atoms with Crippen molar-refractivity contribution in [1.82, 2.24) is 14.9 Å². The standard InChI is InChI=1S/C18H26N4OS2/c1-24-18-20-16(19-7-4-8-22-9-11-23-12-10-22)15-13-5-2-3-6-14(13)25-17(15)21-18/h2-12H2,1H3,(H,19,20,21). The monoisotopic (exact) mass is 378 g/mol. The Labute approximate surface area is 157 Å². The highest BCUT2D eigenvalue weighted by Gasteiger charge is 2.21. The van der Waals surface area contributed by atoms with Crippen LogP contribution in [0.25, 0.3) is 10.2 Å². The fraction of sp³-hybridized carbons (Fsp3) is 0.667. The van der Waals surface area contributed by atoms with Gasteiger partial charge in [0.2, 0.25) is 0 Å². The van der Waals surface area contributed by atoms with Crippen LogP contribution >= 0.6 is 23.1 Å². The predicted octanol–water partition coefficient (Wildman–Crippen LogP) is 3.43. The zero-order valence-electron chi connectivity index (χ0n) is 14.8. The SMILES string of the molecule is CSc1nc(NCCCN2CCOCC2)c2c3c(sc2n1)CCCC3. The zero-order chi connectivity index (χ0) is 17.1. The van der Waals surface area contributed by atoms with Crippen molar-refractivity contribution in [2.75, 3.05) is 51.0 Å². The number of hydrogen-bond donors (Lipinski definition) is 1. The molecule has 2 aromatic rings. The highest BCUT2D eigenvalue weighted by molar-refractivity contribution is 7.98. The van der Waals surface area contributed by atoms with Gasteiger partial charge < -0.3 is 10.1 Å². The van der Waals surface area contributed by atoms with E-state index in [0.29, 0.717) is 0 Å². The molecule has 1 aliphatic carbocycles. The van der Waals surface area contributed by atoms with Crippen molar-refractivity contribution < 1.29 is 4.74 Å². The molecule has 0 bridgehead atoms. The van der Waals surface area contributed by atoms with Crippen LogP contribution in [0.2, 0.25) is 0 Å². The van der Waals surface area contributed by atoms with E-state index in [-0.39, 0.29) is 0 Å². The van der Waals surface area contributed by atoms with Gasteiger partial charge in [0.15, 0.2) is 5.16 Å². The number of anilines is 1. The van der Waals surface area contributed by atoms with Gasteiger partial charge >= 0.3 is 0 Å². The van der Waals surface area contributed by atoms with E-state index in [9.17, 15) is 0 Å². The Morgan fingerprint density at radius 1 is 1.20 bits per heavy atom. The molecule has 136 valence electrons. The molecule has 5 nitrogen and oxygen atoms in total. The average molecular weight is 379 g/mol. The summed E-state index contributed by atoms with van der Waals surface area (Å²) in [6.07, 6.45) is 8.18. The maximum atomic E-state index is 5.42. The molecule has 1 N–H and O–H groups in total. The first-order valence-electron chi connectivity index (χ1n) is 9.25. The lowest BCUT2D eigenvalue weighted by molar-refractivity contribution is 0.0378. The number of morpholine rings is 1. The highest BCUT2D eigenvalue weighted by Crippen LogP contribution is 2.39. The third kappa shape index (κ3) is 3.94. The number of thioether (sulfide) groups is 1. The number of thiophene rings is 1. The molecular weight excluding hydrogens is 352 g/mol. The fourth-order valence-electron chi connectivity index (χ4n) is 3.69. The van der Waals surface area contributed by atoms with E-state index in [1.54, 1.807) is 11.8 Å². The van der Waals surface area contributed by atoms with E-state index < -0.39 is 0 Å². The molecule has 0 spiro atoms. The molecule has 0 radical (unpaired) electrons. The van der Waals surface area contributed by atoms with E-state index >= 15 is 0 Å². The van der Waals surface area contributed by atoms with E-state index in [1.165, 1.54) is 46.3 Å². The quantitative estimate of drug-likeness (QED) is 0.472.